The summed E-state index contributed by atoms with van der Waals surface area (Å²) in [7, 11) is 3.51. The number of carbonyl (C=O) groups excluding carboxylic acids is 1. The zero-order valence-corrected chi connectivity index (χ0v) is 19.4. The van der Waals surface area contributed by atoms with Crippen LogP contribution in [0.3, 0.4) is 0 Å². The van der Waals surface area contributed by atoms with Crippen LogP contribution in [-0.2, 0) is 17.9 Å². The van der Waals surface area contributed by atoms with Crippen molar-refractivity contribution >= 4 is 11.5 Å². The summed E-state index contributed by atoms with van der Waals surface area (Å²) >= 11 is 0. The van der Waals surface area contributed by atoms with Crippen molar-refractivity contribution in [1.82, 2.24) is 19.4 Å². The van der Waals surface area contributed by atoms with E-state index in [-0.39, 0.29) is 36.0 Å². The number of amides is 1. The molecule has 1 saturated heterocycles. The Labute approximate surface area is 194 Å². The summed E-state index contributed by atoms with van der Waals surface area (Å²) in [5.41, 5.74) is 3.82. The van der Waals surface area contributed by atoms with E-state index < -0.39 is 6.04 Å². The molecule has 0 saturated carbocycles. The molecule has 7 heteroatoms. The molecule has 7 nitrogen and oxygen atoms in total. The second-order valence-corrected chi connectivity index (χ2v) is 9.69. The molecule has 0 radical (unpaired) electrons. The van der Waals surface area contributed by atoms with E-state index in [0.29, 0.717) is 13.1 Å². The van der Waals surface area contributed by atoms with Gasteiger partial charge in [-0.25, -0.2) is 0 Å². The molecule has 1 fully saturated rings. The maximum Gasteiger partial charge on any atom is 0.258 e. The van der Waals surface area contributed by atoms with E-state index in [4.69, 9.17) is 0 Å². The van der Waals surface area contributed by atoms with Gasteiger partial charge in [-0.1, -0.05) is 12.1 Å². The SMILES string of the molecule is CN(C)C(=O)[C@@H]1[C@@H](CO)[C@@H]2Cn3c(ccc(C4=CCCCC4)c3=O)[C@@H]2N1Cc1ccccn1. The van der Waals surface area contributed by atoms with Gasteiger partial charge in [-0.3, -0.25) is 19.5 Å². The number of nitrogens with zero attached hydrogens (tertiary/aromatic N) is 4. The highest BCUT2D eigenvalue weighted by atomic mass is 16.3. The fraction of sp³-hybridized carbons (Fsp3) is 0.500. The second-order valence-electron chi connectivity index (χ2n) is 9.69. The average Bonchev–Trinajstić information content (AvgIpc) is 3.35. The lowest BCUT2D eigenvalue weighted by Gasteiger charge is -2.32. The zero-order chi connectivity index (χ0) is 23.1. The minimum atomic E-state index is -0.452. The molecule has 0 bridgehead atoms. The number of aromatic nitrogens is 2. The fourth-order valence-electron chi connectivity index (χ4n) is 6.04. The van der Waals surface area contributed by atoms with Crippen molar-refractivity contribution in [3.05, 3.63) is 69.9 Å². The molecule has 0 aromatic carbocycles. The Kier molecular flexibility index (Phi) is 5.93. The highest BCUT2D eigenvalue weighted by Gasteiger charge is 2.55. The Bertz CT molecular complexity index is 1120. The van der Waals surface area contributed by atoms with Gasteiger partial charge in [0.1, 0.15) is 0 Å². The van der Waals surface area contributed by atoms with E-state index in [1.165, 1.54) is 6.42 Å². The van der Waals surface area contributed by atoms with Crippen LogP contribution >= 0.6 is 0 Å². The summed E-state index contributed by atoms with van der Waals surface area (Å²) in [6, 6.07) is 9.26. The Balaban J connectivity index is 1.58. The summed E-state index contributed by atoms with van der Waals surface area (Å²) in [6.07, 6.45) is 8.25. The van der Waals surface area contributed by atoms with E-state index in [1.54, 1.807) is 25.2 Å². The number of carbonyl (C=O) groups is 1. The molecular formula is C26H32N4O3. The zero-order valence-electron chi connectivity index (χ0n) is 19.4. The smallest absolute Gasteiger partial charge is 0.258 e. The molecule has 0 spiro atoms. The van der Waals surface area contributed by atoms with Crippen molar-refractivity contribution in [2.24, 2.45) is 11.8 Å². The van der Waals surface area contributed by atoms with E-state index in [2.05, 4.69) is 22.0 Å². The largest absolute Gasteiger partial charge is 0.396 e. The number of pyridine rings is 2. The van der Waals surface area contributed by atoms with Crippen LogP contribution in [0.25, 0.3) is 5.57 Å². The standard InChI is InChI=1S/C26H32N4O3/c1-28(2)26(33)24-21(16-31)20-15-29-22(23(20)30(24)14-18-10-6-7-13-27-18)12-11-19(25(29)32)17-8-4-3-5-9-17/h6-8,10-13,20-21,23-24,31H,3-5,9,14-16H2,1-2H3/t20-,21-,23+,24-/m0/s1. The third-order valence-corrected chi connectivity index (χ3v) is 7.59. The van der Waals surface area contributed by atoms with Crippen LogP contribution in [0.2, 0.25) is 0 Å². The Morgan fingerprint density at radius 3 is 2.73 bits per heavy atom. The first-order valence-corrected chi connectivity index (χ1v) is 11.9. The number of aliphatic hydroxyl groups excluding tert-OH is 1. The molecule has 174 valence electrons. The van der Waals surface area contributed by atoms with Gasteiger partial charge < -0.3 is 14.6 Å². The van der Waals surface area contributed by atoms with Crippen molar-refractivity contribution in [1.29, 1.82) is 0 Å². The van der Waals surface area contributed by atoms with Crippen molar-refractivity contribution < 1.29 is 9.90 Å². The summed E-state index contributed by atoms with van der Waals surface area (Å²) in [4.78, 5) is 35.0. The molecule has 1 N–H and O–H groups in total. The van der Waals surface area contributed by atoms with Crippen LogP contribution < -0.4 is 5.56 Å². The van der Waals surface area contributed by atoms with Crippen LogP contribution in [-0.4, -0.2) is 57.1 Å². The second kappa shape index (κ2) is 8.88. The quantitative estimate of drug-likeness (QED) is 0.760. The van der Waals surface area contributed by atoms with E-state index >= 15 is 0 Å². The molecule has 3 aliphatic rings. The lowest BCUT2D eigenvalue weighted by atomic mass is 9.88. The molecule has 2 aromatic heterocycles. The predicted molar refractivity (Wildman–Crippen MR) is 126 cm³/mol. The Morgan fingerprint density at radius 2 is 2.06 bits per heavy atom. The maximum absolute atomic E-state index is 13.5. The number of allylic oxidation sites excluding steroid dienone is 2. The van der Waals surface area contributed by atoms with Gasteiger partial charge in [0.05, 0.1) is 17.8 Å². The van der Waals surface area contributed by atoms with Crippen molar-refractivity contribution in [2.75, 3.05) is 20.7 Å². The fourth-order valence-corrected chi connectivity index (χ4v) is 6.04. The minimum Gasteiger partial charge on any atom is -0.396 e. The number of likely N-dealkylation sites (N-methyl/N-ethyl adjacent to an activating group) is 1. The third-order valence-electron chi connectivity index (χ3n) is 7.59. The number of aliphatic hydroxyl groups is 1. The van der Waals surface area contributed by atoms with Gasteiger partial charge in [-0.05, 0) is 55.5 Å². The summed E-state index contributed by atoms with van der Waals surface area (Å²) in [6.45, 7) is 0.926. The first-order valence-electron chi connectivity index (χ1n) is 11.9. The average molecular weight is 449 g/mol. The molecule has 4 heterocycles. The maximum atomic E-state index is 13.5. The summed E-state index contributed by atoms with van der Waals surface area (Å²) < 4.78 is 1.89. The monoisotopic (exact) mass is 448 g/mol. The van der Waals surface area contributed by atoms with E-state index in [0.717, 1.165) is 41.8 Å². The van der Waals surface area contributed by atoms with Gasteiger partial charge in [0.2, 0.25) is 5.91 Å². The molecular weight excluding hydrogens is 416 g/mol. The summed E-state index contributed by atoms with van der Waals surface area (Å²) in [5.74, 6) is -0.265. The van der Waals surface area contributed by atoms with Crippen molar-refractivity contribution in [3.63, 3.8) is 0 Å². The van der Waals surface area contributed by atoms with Crippen LogP contribution in [0, 0.1) is 11.8 Å². The van der Waals surface area contributed by atoms with Crippen molar-refractivity contribution in [3.8, 4) is 0 Å². The first-order chi connectivity index (χ1) is 16.0. The highest BCUT2D eigenvalue weighted by Crippen LogP contribution is 2.50. The van der Waals surface area contributed by atoms with Crippen LogP contribution in [0.1, 0.15) is 48.7 Å². The van der Waals surface area contributed by atoms with Gasteiger partial charge in [-0.2, -0.15) is 0 Å². The molecule has 4 atom stereocenters. The Hall–Kier alpha value is -2.77. The van der Waals surface area contributed by atoms with Gasteiger partial charge in [0, 0.05) is 63.1 Å². The predicted octanol–water partition coefficient (Wildman–Crippen LogP) is 2.45. The molecule has 33 heavy (non-hydrogen) atoms. The number of rotatable bonds is 5. The normalized spacial score (nSPS) is 26.6. The molecule has 1 amide bonds. The van der Waals surface area contributed by atoms with Gasteiger partial charge in [-0.15, -0.1) is 0 Å². The molecule has 0 unspecified atom stereocenters. The number of hydrogen-bond acceptors (Lipinski definition) is 5. The highest BCUT2D eigenvalue weighted by molar-refractivity contribution is 5.82. The topological polar surface area (TPSA) is 78.7 Å². The van der Waals surface area contributed by atoms with Crippen molar-refractivity contribution in [2.45, 2.75) is 50.9 Å². The van der Waals surface area contributed by atoms with E-state index in [1.807, 2.05) is 28.8 Å². The van der Waals surface area contributed by atoms with Crippen LogP contribution in [0.4, 0.5) is 0 Å². The van der Waals surface area contributed by atoms with Crippen LogP contribution in [0.15, 0.2) is 47.4 Å². The summed E-state index contributed by atoms with van der Waals surface area (Å²) in [5, 5.41) is 10.4. The first kappa shape index (κ1) is 22.0. The molecule has 2 aliphatic heterocycles. The third kappa shape index (κ3) is 3.73. The minimum absolute atomic E-state index is 0.00380. The lowest BCUT2D eigenvalue weighted by molar-refractivity contribution is -0.136. The van der Waals surface area contributed by atoms with Crippen LogP contribution in [0.5, 0.6) is 0 Å². The number of hydrogen-bond donors (Lipinski definition) is 1. The number of likely N-dealkylation sites (tertiary alicyclic amines) is 1. The Morgan fingerprint density at radius 1 is 1.21 bits per heavy atom. The lowest BCUT2D eigenvalue weighted by Crippen LogP contribution is -2.47. The van der Waals surface area contributed by atoms with Gasteiger partial charge in [0.15, 0.2) is 0 Å². The van der Waals surface area contributed by atoms with Gasteiger partial charge >= 0.3 is 0 Å². The van der Waals surface area contributed by atoms with E-state index in [9.17, 15) is 14.7 Å². The van der Waals surface area contributed by atoms with Gasteiger partial charge in [0.25, 0.3) is 5.56 Å². The molecule has 2 aromatic rings. The number of fused-ring (bicyclic) bond motifs is 3. The molecule has 5 rings (SSSR count). The molecule has 1 aliphatic carbocycles.